The number of halogens is 1. The van der Waals surface area contributed by atoms with Crippen molar-refractivity contribution in [1.29, 1.82) is 0 Å². The average molecular weight is 235 g/mol. The SMILES string of the molecule is CC.CN1CCCCC1.CNCCN(C)F. The third kappa shape index (κ3) is 16.2. The van der Waals surface area contributed by atoms with Crippen molar-refractivity contribution in [2.45, 2.75) is 33.1 Å². The van der Waals surface area contributed by atoms with E-state index in [-0.39, 0.29) is 0 Å². The number of nitrogens with one attached hydrogen (secondary N) is 1. The van der Waals surface area contributed by atoms with Gasteiger partial charge in [0.25, 0.3) is 0 Å². The van der Waals surface area contributed by atoms with Crippen molar-refractivity contribution in [1.82, 2.24) is 15.3 Å². The molecule has 0 amide bonds. The zero-order chi connectivity index (χ0) is 12.8. The fraction of sp³-hybridized carbons (Fsp3) is 1.00. The summed E-state index contributed by atoms with van der Waals surface area (Å²) in [6.07, 6.45) is 4.28. The highest BCUT2D eigenvalue weighted by atomic mass is 19.2. The lowest BCUT2D eigenvalue weighted by atomic mass is 10.1. The van der Waals surface area contributed by atoms with Gasteiger partial charge in [0, 0.05) is 20.1 Å². The van der Waals surface area contributed by atoms with Gasteiger partial charge in [-0.25, -0.2) is 0 Å². The second kappa shape index (κ2) is 14.8. The molecule has 1 heterocycles. The van der Waals surface area contributed by atoms with Crippen LogP contribution < -0.4 is 5.32 Å². The van der Waals surface area contributed by atoms with E-state index in [2.05, 4.69) is 17.3 Å². The molecule has 1 aliphatic heterocycles. The predicted octanol–water partition coefficient (Wildman–Crippen LogP) is 2.15. The fourth-order valence-corrected chi connectivity index (χ4v) is 1.32. The van der Waals surface area contributed by atoms with Crippen LogP contribution in [-0.4, -0.2) is 57.3 Å². The molecule has 0 unspecified atom stereocenters. The molecule has 1 fully saturated rings. The van der Waals surface area contributed by atoms with Crippen LogP contribution in [0.1, 0.15) is 33.1 Å². The predicted molar refractivity (Wildman–Crippen MR) is 70.4 cm³/mol. The van der Waals surface area contributed by atoms with Gasteiger partial charge in [0.05, 0.1) is 0 Å². The number of nitrogens with zero attached hydrogens (tertiary/aromatic N) is 2. The van der Waals surface area contributed by atoms with E-state index in [9.17, 15) is 4.48 Å². The second-order valence-corrected chi connectivity index (χ2v) is 3.80. The van der Waals surface area contributed by atoms with E-state index < -0.39 is 0 Å². The van der Waals surface area contributed by atoms with Crippen LogP contribution in [0.15, 0.2) is 0 Å². The molecule has 0 radical (unpaired) electrons. The van der Waals surface area contributed by atoms with Crippen molar-refractivity contribution in [3.05, 3.63) is 0 Å². The lowest BCUT2D eigenvalue weighted by molar-refractivity contribution is 0.0622. The van der Waals surface area contributed by atoms with E-state index in [1.54, 1.807) is 7.05 Å². The Bertz CT molecular complexity index is 115. The van der Waals surface area contributed by atoms with Crippen LogP contribution in [0.4, 0.5) is 4.48 Å². The molecule has 1 rings (SSSR count). The fourth-order valence-electron chi connectivity index (χ4n) is 1.32. The number of likely N-dealkylation sites (tertiary alicyclic amines) is 1. The van der Waals surface area contributed by atoms with Crippen LogP contribution in [-0.2, 0) is 0 Å². The first-order valence-corrected chi connectivity index (χ1v) is 6.37. The number of hydrogen-bond donors (Lipinski definition) is 1. The van der Waals surface area contributed by atoms with Gasteiger partial charge in [0.1, 0.15) is 0 Å². The Morgan fingerprint density at radius 3 is 1.88 bits per heavy atom. The van der Waals surface area contributed by atoms with Crippen LogP contribution in [0, 0.1) is 0 Å². The number of piperidine rings is 1. The molecular weight excluding hydrogens is 205 g/mol. The third-order valence-corrected chi connectivity index (χ3v) is 2.25. The minimum atomic E-state index is 0.455. The Hall–Kier alpha value is -0.190. The molecule has 16 heavy (non-hydrogen) atoms. The molecule has 1 aliphatic rings. The van der Waals surface area contributed by atoms with Gasteiger partial charge in [-0.2, -0.15) is 0 Å². The molecule has 3 nitrogen and oxygen atoms in total. The summed E-state index contributed by atoms with van der Waals surface area (Å²) in [6, 6.07) is 0. The average Bonchev–Trinajstić information content (AvgIpc) is 2.31. The zero-order valence-corrected chi connectivity index (χ0v) is 11.7. The number of rotatable bonds is 3. The Morgan fingerprint density at radius 2 is 1.69 bits per heavy atom. The summed E-state index contributed by atoms with van der Waals surface area (Å²) in [6.45, 7) is 7.80. The quantitative estimate of drug-likeness (QED) is 0.756. The summed E-state index contributed by atoms with van der Waals surface area (Å²) in [4.78, 5) is 2.39. The minimum absolute atomic E-state index is 0.455. The zero-order valence-electron chi connectivity index (χ0n) is 11.7. The summed E-state index contributed by atoms with van der Waals surface area (Å²) >= 11 is 0. The molecule has 0 saturated carbocycles. The lowest BCUT2D eigenvalue weighted by Gasteiger charge is -2.20. The highest BCUT2D eigenvalue weighted by molar-refractivity contribution is 4.58. The van der Waals surface area contributed by atoms with E-state index >= 15 is 0 Å². The summed E-state index contributed by atoms with van der Waals surface area (Å²) in [5.74, 6) is 0. The van der Waals surface area contributed by atoms with Crippen LogP contribution in [0.5, 0.6) is 0 Å². The normalized spacial score (nSPS) is 15.9. The molecule has 0 aromatic carbocycles. The monoisotopic (exact) mass is 235 g/mol. The van der Waals surface area contributed by atoms with Gasteiger partial charge in [-0.05, 0) is 40.0 Å². The lowest BCUT2D eigenvalue weighted by Crippen LogP contribution is -2.24. The Labute approximate surface area is 101 Å². The largest absolute Gasteiger partial charge is 0.318 e. The smallest absolute Gasteiger partial charge is 0.0412 e. The van der Waals surface area contributed by atoms with Crippen molar-refractivity contribution in [3.8, 4) is 0 Å². The second-order valence-electron chi connectivity index (χ2n) is 3.80. The molecule has 1 saturated heterocycles. The summed E-state index contributed by atoms with van der Waals surface area (Å²) < 4.78 is 11.7. The molecule has 0 aromatic heterocycles. The summed E-state index contributed by atoms with van der Waals surface area (Å²) in [5, 5.41) is 3.47. The van der Waals surface area contributed by atoms with E-state index in [0.717, 1.165) is 0 Å². The first-order chi connectivity index (χ1) is 7.66. The highest BCUT2D eigenvalue weighted by Gasteiger charge is 2.02. The Morgan fingerprint density at radius 1 is 1.19 bits per heavy atom. The maximum Gasteiger partial charge on any atom is 0.0412 e. The Balaban J connectivity index is 0. The van der Waals surface area contributed by atoms with E-state index in [0.29, 0.717) is 18.2 Å². The molecule has 0 spiro atoms. The van der Waals surface area contributed by atoms with Gasteiger partial charge in [0.2, 0.25) is 0 Å². The molecule has 4 heteroatoms. The van der Waals surface area contributed by atoms with Gasteiger partial charge in [-0.3, -0.25) is 0 Å². The highest BCUT2D eigenvalue weighted by Crippen LogP contribution is 2.04. The molecule has 0 aromatic rings. The van der Waals surface area contributed by atoms with Crippen molar-refractivity contribution in [2.75, 3.05) is 47.3 Å². The van der Waals surface area contributed by atoms with Gasteiger partial charge < -0.3 is 10.2 Å². The van der Waals surface area contributed by atoms with Crippen molar-refractivity contribution < 1.29 is 4.48 Å². The van der Waals surface area contributed by atoms with Crippen LogP contribution in [0.25, 0.3) is 0 Å². The Kier molecular flexibility index (Phi) is 16.8. The summed E-state index contributed by atoms with van der Waals surface area (Å²) in [7, 11) is 5.39. The molecule has 0 atom stereocenters. The first-order valence-electron chi connectivity index (χ1n) is 6.37. The number of likely N-dealkylation sites (N-methyl/N-ethyl adjacent to an activating group) is 2. The molecule has 100 valence electrons. The van der Waals surface area contributed by atoms with Gasteiger partial charge >= 0.3 is 0 Å². The molecule has 1 N–H and O–H groups in total. The molecule has 0 aliphatic carbocycles. The molecule has 0 bridgehead atoms. The van der Waals surface area contributed by atoms with E-state index in [4.69, 9.17) is 0 Å². The van der Waals surface area contributed by atoms with Gasteiger partial charge in [0.15, 0.2) is 0 Å². The van der Waals surface area contributed by atoms with Gasteiger partial charge in [-0.15, -0.1) is 9.60 Å². The van der Waals surface area contributed by atoms with Crippen LogP contribution >= 0.6 is 0 Å². The third-order valence-electron chi connectivity index (χ3n) is 2.25. The van der Waals surface area contributed by atoms with E-state index in [1.807, 2.05) is 13.8 Å². The van der Waals surface area contributed by atoms with Crippen LogP contribution in [0.2, 0.25) is 0 Å². The summed E-state index contributed by atoms with van der Waals surface area (Å²) in [5.41, 5.74) is 0. The maximum atomic E-state index is 11.7. The van der Waals surface area contributed by atoms with Gasteiger partial charge in [-0.1, -0.05) is 20.3 Å². The number of hydrogen-bond acceptors (Lipinski definition) is 3. The van der Waals surface area contributed by atoms with E-state index in [1.165, 1.54) is 39.4 Å². The standard InChI is InChI=1S/C6H13N.C4H11FN2.C2H6/c1-7-5-3-2-4-6-7;1-6-3-4-7(2)5;1-2/h2-6H2,1H3;6H,3-4H2,1-2H3;1-2H3. The van der Waals surface area contributed by atoms with Crippen LogP contribution in [0.3, 0.4) is 0 Å². The topological polar surface area (TPSA) is 18.5 Å². The molecular formula is C12H30FN3. The minimum Gasteiger partial charge on any atom is -0.318 e. The maximum absolute atomic E-state index is 11.7. The first kappa shape index (κ1) is 18.2. The van der Waals surface area contributed by atoms with Crippen molar-refractivity contribution >= 4 is 0 Å². The van der Waals surface area contributed by atoms with Crippen molar-refractivity contribution in [3.63, 3.8) is 0 Å². The van der Waals surface area contributed by atoms with Crippen molar-refractivity contribution in [2.24, 2.45) is 0 Å².